The van der Waals surface area contributed by atoms with E-state index >= 15 is 0 Å². The highest BCUT2D eigenvalue weighted by Crippen LogP contribution is 2.20. The van der Waals surface area contributed by atoms with Crippen molar-refractivity contribution in [2.24, 2.45) is 0 Å². The number of aryl methyl sites for hydroxylation is 1. The molecule has 2 rings (SSSR count). The van der Waals surface area contributed by atoms with Gasteiger partial charge in [-0.05, 0) is 25.1 Å². The van der Waals surface area contributed by atoms with Crippen molar-refractivity contribution in [1.29, 1.82) is 0 Å². The van der Waals surface area contributed by atoms with Crippen LogP contribution in [-0.4, -0.2) is 20.9 Å². The Hall–Kier alpha value is -2.37. The van der Waals surface area contributed by atoms with Crippen LogP contribution >= 0.6 is 0 Å². The molecule has 2 N–H and O–H groups in total. The van der Waals surface area contributed by atoms with Crippen LogP contribution in [0.1, 0.15) is 18.5 Å². The van der Waals surface area contributed by atoms with Gasteiger partial charge in [-0.25, -0.2) is 9.18 Å². The SMILES string of the molecule is CCn1cc(C(Nc2cccc(F)c2)C(=O)O)cn1. The summed E-state index contributed by atoms with van der Waals surface area (Å²) in [6.07, 6.45) is 3.15. The fourth-order valence-electron chi connectivity index (χ4n) is 1.73. The van der Waals surface area contributed by atoms with Crippen molar-refractivity contribution in [3.8, 4) is 0 Å². The van der Waals surface area contributed by atoms with E-state index in [-0.39, 0.29) is 0 Å². The predicted molar refractivity (Wildman–Crippen MR) is 68.3 cm³/mol. The zero-order valence-corrected chi connectivity index (χ0v) is 10.4. The largest absolute Gasteiger partial charge is 0.479 e. The Kier molecular flexibility index (Phi) is 3.79. The first-order chi connectivity index (χ1) is 9.10. The number of carbonyl (C=O) groups is 1. The van der Waals surface area contributed by atoms with Gasteiger partial charge < -0.3 is 10.4 Å². The van der Waals surface area contributed by atoms with Gasteiger partial charge in [0.2, 0.25) is 0 Å². The van der Waals surface area contributed by atoms with E-state index in [2.05, 4.69) is 10.4 Å². The van der Waals surface area contributed by atoms with E-state index in [9.17, 15) is 14.3 Å². The third-order valence-electron chi connectivity index (χ3n) is 2.69. The predicted octanol–water partition coefficient (Wildman–Crippen LogP) is 2.28. The van der Waals surface area contributed by atoms with Crippen molar-refractivity contribution in [2.45, 2.75) is 19.5 Å². The molecule has 2 aromatic rings. The number of benzene rings is 1. The first-order valence-electron chi connectivity index (χ1n) is 5.87. The number of rotatable bonds is 5. The maximum absolute atomic E-state index is 13.1. The van der Waals surface area contributed by atoms with E-state index < -0.39 is 17.8 Å². The van der Waals surface area contributed by atoms with Gasteiger partial charge >= 0.3 is 5.97 Å². The van der Waals surface area contributed by atoms with E-state index in [0.29, 0.717) is 17.8 Å². The summed E-state index contributed by atoms with van der Waals surface area (Å²) in [5.74, 6) is -1.46. The van der Waals surface area contributed by atoms with Gasteiger partial charge in [-0.3, -0.25) is 4.68 Å². The number of hydrogen-bond donors (Lipinski definition) is 2. The maximum Gasteiger partial charge on any atom is 0.330 e. The molecule has 19 heavy (non-hydrogen) atoms. The number of halogens is 1. The Labute approximate surface area is 109 Å². The van der Waals surface area contributed by atoms with Crippen molar-refractivity contribution >= 4 is 11.7 Å². The Morgan fingerprint density at radius 1 is 1.58 bits per heavy atom. The Bertz CT molecular complexity index is 583. The molecule has 100 valence electrons. The fraction of sp³-hybridized carbons (Fsp3) is 0.231. The third-order valence-corrected chi connectivity index (χ3v) is 2.69. The van der Waals surface area contributed by atoms with Crippen LogP contribution < -0.4 is 5.32 Å². The molecule has 5 nitrogen and oxygen atoms in total. The smallest absolute Gasteiger partial charge is 0.330 e. The van der Waals surface area contributed by atoms with Crippen molar-refractivity contribution in [2.75, 3.05) is 5.32 Å². The molecule has 1 aromatic heterocycles. The minimum Gasteiger partial charge on any atom is -0.479 e. The van der Waals surface area contributed by atoms with E-state index in [0.717, 1.165) is 0 Å². The average molecular weight is 263 g/mol. The number of aliphatic carboxylic acids is 1. The lowest BCUT2D eigenvalue weighted by atomic mass is 10.1. The van der Waals surface area contributed by atoms with Gasteiger partial charge in [-0.15, -0.1) is 0 Å². The Morgan fingerprint density at radius 2 is 2.37 bits per heavy atom. The van der Waals surface area contributed by atoms with Crippen molar-refractivity contribution in [1.82, 2.24) is 9.78 Å². The molecule has 0 amide bonds. The fourth-order valence-corrected chi connectivity index (χ4v) is 1.73. The van der Waals surface area contributed by atoms with Crippen LogP contribution in [0.25, 0.3) is 0 Å². The monoisotopic (exact) mass is 263 g/mol. The van der Waals surface area contributed by atoms with Crippen LogP contribution in [0, 0.1) is 5.82 Å². The molecule has 0 aliphatic carbocycles. The summed E-state index contributed by atoms with van der Waals surface area (Å²) in [6, 6.07) is 4.73. The summed E-state index contributed by atoms with van der Waals surface area (Å²) >= 11 is 0. The van der Waals surface area contributed by atoms with Gasteiger partial charge in [-0.1, -0.05) is 6.07 Å². The van der Waals surface area contributed by atoms with E-state index in [1.165, 1.54) is 24.4 Å². The molecule has 0 fully saturated rings. The lowest BCUT2D eigenvalue weighted by Crippen LogP contribution is -2.20. The number of nitrogens with zero attached hydrogens (tertiary/aromatic N) is 2. The average Bonchev–Trinajstić information content (AvgIpc) is 2.84. The van der Waals surface area contributed by atoms with Crippen LogP contribution in [0.5, 0.6) is 0 Å². The summed E-state index contributed by atoms with van der Waals surface area (Å²) < 4.78 is 14.7. The Morgan fingerprint density at radius 3 is 2.95 bits per heavy atom. The minimum absolute atomic E-state index is 0.414. The highest BCUT2D eigenvalue weighted by atomic mass is 19.1. The number of hydrogen-bond acceptors (Lipinski definition) is 3. The molecule has 0 saturated heterocycles. The van der Waals surface area contributed by atoms with E-state index in [1.54, 1.807) is 16.9 Å². The molecular formula is C13H14FN3O2. The standard InChI is InChI=1S/C13H14FN3O2/c1-2-17-8-9(7-15-17)12(13(18)19)16-11-5-3-4-10(14)6-11/h3-8,12,16H,2H2,1H3,(H,18,19). The van der Waals surface area contributed by atoms with Crippen LogP contribution in [-0.2, 0) is 11.3 Å². The molecule has 1 heterocycles. The molecule has 0 aliphatic rings. The van der Waals surface area contributed by atoms with Crippen molar-refractivity contribution < 1.29 is 14.3 Å². The first-order valence-corrected chi connectivity index (χ1v) is 5.87. The summed E-state index contributed by atoms with van der Waals surface area (Å²) in [5.41, 5.74) is 0.940. The highest BCUT2D eigenvalue weighted by Gasteiger charge is 2.21. The molecule has 1 aromatic carbocycles. The second kappa shape index (κ2) is 5.51. The second-order valence-electron chi connectivity index (χ2n) is 4.06. The van der Waals surface area contributed by atoms with E-state index in [1.807, 2.05) is 6.92 Å². The third kappa shape index (κ3) is 3.09. The number of carboxylic acids is 1. The van der Waals surface area contributed by atoms with Gasteiger partial charge in [0.25, 0.3) is 0 Å². The molecule has 1 unspecified atom stereocenters. The van der Waals surface area contributed by atoms with E-state index in [4.69, 9.17) is 0 Å². The Balaban J connectivity index is 2.23. The van der Waals surface area contributed by atoms with Gasteiger partial charge in [-0.2, -0.15) is 5.10 Å². The lowest BCUT2D eigenvalue weighted by Gasteiger charge is -2.14. The topological polar surface area (TPSA) is 67.2 Å². The van der Waals surface area contributed by atoms with Crippen LogP contribution in [0.15, 0.2) is 36.7 Å². The summed E-state index contributed by atoms with van der Waals surface area (Å²) in [7, 11) is 0. The summed E-state index contributed by atoms with van der Waals surface area (Å²) in [5, 5.41) is 16.1. The molecule has 6 heteroatoms. The van der Waals surface area contributed by atoms with Gasteiger partial charge in [0, 0.05) is 24.0 Å². The second-order valence-corrected chi connectivity index (χ2v) is 4.06. The molecule has 0 bridgehead atoms. The lowest BCUT2D eigenvalue weighted by molar-refractivity contribution is -0.138. The molecule has 0 radical (unpaired) electrons. The zero-order chi connectivity index (χ0) is 13.8. The van der Waals surface area contributed by atoms with Crippen LogP contribution in [0.2, 0.25) is 0 Å². The summed E-state index contributed by atoms with van der Waals surface area (Å²) in [4.78, 5) is 11.3. The maximum atomic E-state index is 13.1. The first kappa shape index (κ1) is 13.1. The van der Waals surface area contributed by atoms with Crippen LogP contribution in [0.4, 0.5) is 10.1 Å². The molecule has 0 spiro atoms. The molecule has 0 saturated carbocycles. The number of anilines is 1. The normalized spacial score (nSPS) is 12.1. The number of nitrogens with one attached hydrogen (secondary N) is 1. The minimum atomic E-state index is -1.04. The van der Waals surface area contributed by atoms with Gasteiger partial charge in [0.15, 0.2) is 6.04 Å². The molecule has 0 aliphatic heterocycles. The summed E-state index contributed by atoms with van der Waals surface area (Å²) in [6.45, 7) is 2.57. The molecule has 1 atom stereocenters. The number of carboxylic acid groups (broad SMARTS) is 1. The van der Waals surface area contributed by atoms with Gasteiger partial charge in [0.1, 0.15) is 5.82 Å². The van der Waals surface area contributed by atoms with Crippen molar-refractivity contribution in [3.63, 3.8) is 0 Å². The van der Waals surface area contributed by atoms with Crippen molar-refractivity contribution in [3.05, 3.63) is 48.0 Å². The highest BCUT2D eigenvalue weighted by molar-refractivity contribution is 5.79. The van der Waals surface area contributed by atoms with Gasteiger partial charge in [0.05, 0.1) is 6.20 Å². The van der Waals surface area contributed by atoms with Crippen LogP contribution in [0.3, 0.4) is 0 Å². The number of aromatic nitrogens is 2. The molecular weight excluding hydrogens is 249 g/mol. The quantitative estimate of drug-likeness (QED) is 0.868. The zero-order valence-electron chi connectivity index (χ0n) is 10.4.